The van der Waals surface area contributed by atoms with Gasteiger partial charge in [0.05, 0.1) is 0 Å². The van der Waals surface area contributed by atoms with Gasteiger partial charge in [-0.2, -0.15) is 0 Å². The van der Waals surface area contributed by atoms with Gasteiger partial charge in [-0.05, 0) is 38.1 Å². The monoisotopic (exact) mass is 280 g/mol. The third-order valence-electron chi connectivity index (χ3n) is 3.14. The summed E-state index contributed by atoms with van der Waals surface area (Å²) in [5, 5.41) is 8.15. The molecule has 0 amide bonds. The van der Waals surface area contributed by atoms with Gasteiger partial charge in [-0.25, -0.2) is 0 Å². The number of hydrogen-bond acceptors (Lipinski definition) is 4. The molecule has 2 aromatic carbocycles. The summed E-state index contributed by atoms with van der Waals surface area (Å²) in [6.45, 7) is 3.93. The standard InChI is InChI=1S/C17H16N2O2/c1-12-8-10-14(11-9-12)17-19-18-16(21-17)13(2)20-15-6-4-3-5-7-15/h3-11,13H,1-2H3. The fraction of sp³-hybridized carbons (Fsp3) is 0.176. The number of hydrogen-bond donors (Lipinski definition) is 0. The molecule has 1 heterocycles. The van der Waals surface area contributed by atoms with Gasteiger partial charge in [-0.1, -0.05) is 35.9 Å². The van der Waals surface area contributed by atoms with E-state index in [1.807, 2.05) is 68.4 Å². The molecule has 0 radical (unpaired) electrons. The molecule has 0 aliphatic heterocycles. The van der Waals surface area contributed by atoms with E-state index in [2.05, 4.69) is 10.2 Å². The van der Waals surface area contributed by atoms with Crippen LogP contribution in [0.5, 0.6) is 5.75 Å². The van der Waals surface area contributed by atoms with Crippen LogP contribution in [-0.4, -0.2) is 10.2 Å². The Balaban J connectivity index is 1.76. The van der Waals surface area contributed by atoms with E-state index in [9.17, 15) is 0 Å². The van der Waals surface area contributed by atoms with E-state index in [0.717, 1.165) is 11.3 Å². The molecule has 3 aromatic rings. The predicted octanol–water partition coefficient (Wildman–Crippen LogP) is 4.19. The van der Waals surface area contributed by atoms with E-state index in [1.165, 1.54) is 5.56 Å². The molecule has 1 aromatic heterocycles. The molecule has 1 atom stereocenters. The van der Waals surface area contributed by atoms with Crippen LogP contribution in [0.3, 0.4) is 0 Å². The average Bonchev–Trinajstić information content (AvgIpc) is 2.99. The molecule has 0 saturated heterocycles. The number of aryl methyl sites for hydroxylation is 1. The van der Waals surface area contributed by atoms with Crippen LogP contribution in [0.15, 0.2) is 59.0 Å². The lowest BCUT2D eigenvalue weighted by molar-refractivity contribution is 0.189. The predicted molar refractivity (Wildman–Crippen MR) is 80.0 cm³/mol. The summed E-state index contributed by atoms with van der Waals surface area (Å²) in [7, 11) is 0. The zero-order chi connectivity index (χ0) is 14.7. The summed E-state index contributed by atoms with van der Waals surface area (Å²) >= 11 is 0. The van der Waals surface area contributed by atoms with Gasteiger partial charge in [-0.3, -0.25) is 0 Å². The number of aromatic nitrogens is 2. The summed E-state index contributed by atoms with van der Waals surface area (Å²) in [6.07, 6.45) is -0.293. The van der Waals surface area contributed by atoms with Gasteiger partial charge in [0.2, 0.25) is 5.89 Å². The Bertz CT molecular complexity index is 705. The van der Waals surface area contributed by atoms with Crippen molar-refractivity contribution in [2.45, 2.75) is 20.0 Å². The Hall–Kier alpha value is -2.62. The molecule has 0 fully saturated rings. The Morgan fingerprint density at radius 2 is 1.67 bits per heavy atom. The van der Waals surface area contributed by atoms with Gasteiger partial charge in [0.25, 0.3) is 5.89 Å². The fourth-order valence-corrected chi connectivity index (χ4v) is 1.97. The van der Waals surface area contributed by atoms with Crippen molar-refractivity contribution >= 4 is 0 Å². The van der Waals surface area contributed by atoms with Crippen LogP contribution >= 0.6 is 0 Å². The highest BCUT2D eigenvalue weighted by Crippen LogP contribution is 2.24. The summed E-state index contributed by atoms with van der Waals surface area (Å²) in [5.74, 6) is 1.75. The second-order valence-electron chi connectivity index (χ2n) is 4.88. The summed E-state index contributed by atoms with van der Waals surface area (Å²) in [5.41, 5.74) is 2.10. The Morgan fingerprint density at radius 3 is 2.38 bits per heavy atom. The van der Waals surface area contributed by atoms with E-state index < -0.39 is 0 Å². The van der Waals surface area contributed by atoms with Crippen molar-refractivity contribution in [1.29, 1.82) is 0 Å². The first-order valence-corrected chi connectivity index (χ1v) is 6.84. The van der Waals surface area contributed by atoms with E-state index in [0.29, 0.717) is 11.8 Å². The van der Waals surface area contributed by atoms with Crippen molar-refractivity contribution in [3.05, 3.63) is 66.1 Å². The first-order valence-electron chi connectivity index (χ1n) is 6.84. The first kappa shape index (κ1) is 13.4. The van der Waals surface area contributed by atoms with Gasteiger partial charge >= 0.3 is 0 Å². The highest BCUT2D eigenvalue weighted by Gasteiger charge is 2.16. The maximum atomic E-state index is 5.77. The van der Waals surface area contributed by atoms with Crippen molar-refractivity contribution in [3.8, 4) is 17.2 Å². The van der Waals surface area contributed by atoms with Crippen molar-refractivity contribution in [3.63, 3.8) is 0 Å². The molecular weight excluding hydrogens is 264 g/mol. The fourth-order valence-electron chi connectivity index (χ4n) is 1.97. The molecule has 4 nitrogen and oxygen atoms in total. The van der Waals surface area contributed by atoms with Crippen LogP contribution < -0.4 is 4.74 Å². The van der Waals surface area contributed by atoms with Crippen molar-refractivity contribution in [1.82, 2.24) is 10.2 Å². The number of benzene rings is 2. The molecule has 1 unspecified atom stereocenters. The Morgan fingerprint density at radius 1 is 0.952 bits per heavy atom. The van der Waals surface area contributed by atoms with Crippen molar-refractivity contribution < 1.29 is 9.15 Å². The third kappa shape index (κ3) is 3.11. The van der Waals surface area contributed by atoms with Crippen LogP contribution in [0.25, 0.3) is 11.5 Å². The number of nitrogens with zero attached hydrogens (tertiary/aromatic N) is 2. The van der Waals surface area contributed by atoms with E-state index in [-0.39, 0.29) is 6.10 Å². The molecule has 0 spiro atoms. The molecule has 4 heteroatoms. The SMILES string of the molecule is Cc1ccc(-c2nnc(C(C)Oc3ccccc3)o2)cc1. The maximum absolute atomic E-state index is 5.77. The molecule has 0 N–H and O–H groups in total. The van der Waals surface area contributed by atoms with Crippen molar-refractivity contribution in [2.24, 2.45) is 0 Å². The second kappa shape index (κ2) is 5.79. The zero-order valence-corrected chi connectivity index (χ0v) is 12.0. The molecule has 0 saturated carbocycles. The van der Waals surface area contributed by atoms with Crippen molar-refractivity contribution in [2.75, 3.05) is 0 Å². The summed E-state index contributed by atoms with van der Waals surface area (Å²) < 4.78 is 11.5. The zero-order valence-electron chi connectivity index (χ0n) is 12.0. The lowest BCUT2D eigenvalue weighted by Gasteiger charge is -2.10. The summed E-state index contributed by atoms with van der Waals surface area (Å²) in [4.78, 5) is 0. The van der Waals surface area contributed by atoms with Gasteiger partial charge in [0.15, 0.2) is 6.10 Å². The minimum atomic E-state index is -0.293. The van der Waals surface area contributed by atoms with Crippen LogP contribution in [0, 0.1) is 6.92 Å². The first-order chi connectivity index (χ1) is 10.2. The minimum Gasteiger partial charge on any atom is -0.481 e. The van der Waals surface area contributed by atoms with Crippen LogP contribution in [0.2, 0.25) is 0 Å². The lowest BCUT2D eigenvalue weighted by atomic mass is 10.1. The Labute approximate surface area is 123 Å². The van der Waals surface area contributed by atoms with Crippen LogP contribution in [0.4, 0.5) is 0 Å². The highest BCUT2D eigenvalue weighted by molar-refractivity contribution is 5.52. The van der Waals surface area contributed by atoms with Crippen LogP contribution in [0.1, 0.15) is 24.5 Å². The lowest BCUT2D eigenvalue weighted by Crippen LogP contribution is -2.03. The largest absolute Gasteiger partial charge is 0.481 e. The third-order valence-corrected chi connectivity index (χ3v) is 3.14. The number of rotatable bonds is 4. The van der Waals surface area contributed by atoms with E-state index >= 15 is 0 Å². The summed E-state index contributed by atoms with van der Waals surface area (Å²) in [6, 6.07) is 17.6. The van der Waals surface area contributed by atoms with Gasteiger partial charge in [0, 0.05) is 5.56 Å². The normalized spacial score (nSPS) is 12.1. The molecule has 0 bridgehead atoms. The molecule has 21 heavy (non-hydrogen) atoms. The average molecular weight is 280 g/mol. The molecular formula is C17H16N2O2. The number of ether oxygens (including phenoxy) is 1. The van der Waals surface area contributed by atoms with E-state index in [4.69, 9.17) is 9.15 Å². The second-order valence-corrected chi connectivity index (χ2v) is 4.88. The van der Waals surface area contributed by atoms with Gasteiger partial charge in [-0.15, -0.1) is 10.2 Å². The van der Waals surface area contributed by atoms with Gasteiger partial charge in [0.1, 0.15) is 5.75 Å². The Kier molecular flexibility index (Phi) is 3.69. The molecule has 106 valence electrons. The van der Waals surface area contributed by atoms with Crippen LogP contribution in [-0.2, 0) is 0 Å². The number of para-hydroxylation sites is 1. The van der Waals surface area contributed by atoms with E-state index in [1.54, 1.807) is 0 Å². The highest BCUT2D eigenvalue weighted by atomic mass is 16.5. The maximum Gasteiger partial charge on any atom is 0.257 e. The smallest absolute Gasteiger partial charge is 0.257 e. The topological polar surface area (TPSA) is 48.2 Å². The minimum absolute atomic E-state index is 0.293. The molecule has 0 aliphatic carbocycles. The molecule has 0 aliphatic rings. The molecule has 3 rings (SSSR count). The van der Waals surface area contributed by atoms with Gasteiger partial charge < -0.3 is 9.15 Å². The quantitative estimate of drug-likeness (QED) is 0.719.